The van der Waals surface area contributed by atoms with Gasteiger partial charge < -0.3 is 10.6 Å². The number of hydrogen-bond donors (Lipinski definition) is 1. The summed E-state index contributed by atoms with van der Waals surface area (Å²) in [6.45, 7) is 0.417. The van der Waals surface area contributed by atoms with Crippen LogP contribution >= 0.6 is 0 Å². The molecule has 0 fully saturated rings. The van der Waals surface area contributed by atoms with Crippen LogP contribution in [-0.2, 0) is 17.8 Å². The Bertz CT molecular complexity index is 613. The lowest BCUT2D eigenvalue weighted by Gasteiger charge is -2.18. The largest absolute Gasteiger partial charge is 0.398 e. The molecule has 0 spiro atoms. The predicted octanol–water partition coefficient (Wildman–Crippen LogP) is 2.61. The number of amides is 1. The maximum atomic E-state index is 13.5. The molecule has 0 aliphatic carbocycles. The molecule has 0 atom stereocenters. The van der Waals surface area contributed by atoms with Gasteiger partial charge in [0.1, 0.15) is 5.82 Å². The van der Waals surface area contributed by atoms with Crippen LogP contribution in [0.5, 0.6) is 0 Å². The SMILES string of the molecule is CN(Cc1ccccc1N)C(=O)Cc1ccccc1F. The van der Waals surface area contributed by atoms with E-state index in [1.807, 2.05) is 18.2 Å². The van der Waals surface area contributed by atoms with Crippen LogP contribution in [0.1, 0.15) is 11.1 Å². The lowest BCUT2D eigenvalue weighted by atomic mass is 10.1. The van der Waals surface area contributed by atoms with Gasteiger partial charge in [0, 0.05) is 19.3 Å². The Hall–Kier alpha value is -2.36. The van der Waals surface area contributed by atoms with E-state index in [2.05, 4.69) is 0 Å². The van der Waals surface area contributed by atoms with Gasteiger partial charge in [0.25, 0.3) is 0 Å². The Labute approximate surface area is 117 Å². The first kappa shape index (κ1) is 14.1. The second-order valence-electron chi connectivity index (χ2n) is 4.72. The number of halogens is 1. The molecule has 2 aromatic rings. The molecule has 2 N–H and O–H groups in total. The highest BCUT2D eigenvalue weighted by Gasteiger charge is 2.13. The van der Waals surface area contributed by atoms with Gasteiger partial charge in [-0.2, -0.15) is 0 Å². The summed E-state index contributed by atoms with van der Waals surface area (Å²) in [6, 6.07) is 13.7. The fourth-order valence-electron chi connectivity index (χ4n) is 1.96. The van der Waals surface area contributed by atoms with E-state index < -0.39 is 0 Å². The van der Waals surface area contributed by atoms with Crippen molar-refractivity contribution < 1.29 is 9.18 Å². The zero-order valence-corrected chi connectivity index (χ0v) is 11.3. The molecule has 2 rings (SSSR count). The first-order valence-electron chi connectivity index (χ1n) is 6.38. The van der Waals surface area contributed by atoms with Crippen molar-refractivity contribution in [1.29, 1.82) is 0 Å². The second kappa shape index (κ2) is 6.19. The summed E-state index contributed by atoms with van der Waals surface area (Å²) in [6.07, 6.45) is 0.0515. The van der Waals surface area contributed by atoms with E-state index in [9.17, 15) is 9.18 Å². The van der Waals surface area contributed by atoms with Crippen molar-refractivity contribution in [2.75, 3.05) is 12.8 Å². The van der Waals surface area contributed by atoms with E-state index in [0.29, 0.717) is 17.8 Å². The van der Waals surface area contributed by atoms with Crippen molar-refractivity contribution >= 4 is 11.6 Å². The van der Waals surface area contributed by atoms with Crippen molar-refractivity contribution in [3.8, 4) is 0 Å². The van der Waals surface area contributed by atoms with Gasteiger partial charge >= 0.3 is 0 Å². The summed E-state index contributed by atoms with van der Waals surface area (Å²) in [4.78, 5) is 13.7. The van der Waals surface area contributed by atoms with Gasteiger partial charge in [-0.15, -0.1) is 0 Å². The average Bonchev–Trinajstić information content (AvgIpc) is 2.43. The van der Waals surface area contributed by atoms with E-state index in [1.165, 1.54) is 6.07 Å². The van der Waals surface area contributed by atoms with Gasteiger partial charge in [0.05, 0.1) is 6.42 Å². The van der Waals surface area contributed by atoms with Crippen LogP contribution in [0.25, 0.3) is 0 Å². The van der Waals surface area contributed by atoms with E-state index in [-0.39, 0.29) is 18.1 Å². The molecule has 0 aliphatic rings. The number of benzene rings is 2. The number of carbonyl (C=O) groups excluding carboxylic acids is 1. The summed E-state index contributed by atoms with van der Waals surface area (Å²) >= 11 is 0. The third kappa shape index (κ3) is 3.35. The standard InChI is InChI=1S/C16H17FN2O/c1-19(11-13-7-3-5-9-15(13)18)16(20)10-12-6-2-4-8-14(12)17/h2-9H,10-11,18H2,1H3. The summed E-state index contributed by atoms with van der Waals surface area (Å²) in [7, 11) is 1.69. The van der Waals surface area contributed by atoms with Gasteiger partial charge in [-0.1, -0.05) is 36.4 Å². The van der Waals surface area contributed by atoms with Gasteiger partial charge in [-0.05, 0) is 23.3 Å². The van der Waals surface area contributed by atoms with Gasteiger partial charge in [-0.25, -0.2) is 4.39 Å². The fourth-order valence-corrected chi connectivity index (χ4v) is 1.96. The fraction of sp³-hybridized carbons (Fsp3) is 0.188. The smallest absolute Gasteiger partial charge is 0.227 e. The Kier molecular flexibility index (Phi) is 4.35. The van der Waals surface area contributed by atoms with E-state index >= 15 is 0 Å². The zero-order valence-electron chi connectivity index (χ0n) is 11.3. The molecule has 0 bridgehead atoms. The highest BCUT2D eigenvalue weighted by atomic mass is 19.1. The lowest BCUT2D eigenvalue weighted by Crippen LogP contribution is -2.28. The molecule has 104 valence electrons. The molecule has 2 aromatic carbocycles. The summed E-state index contributed by atoms with van der Waals surface area (Å²) < 4.78 is 13.5. The molecule has 0 heterocycles. The Morgan fingerprint density at radius 1 is 1.10 bits per heavy atom. The number of nitrogens with zero attached hydrogens (tertiary/aromatic N) is 1. The molecule has 4 heteroatoms. The quantitative estimate of drug-likeness (QED) is 0.870. The molecule has 0 aromatic heterocycles. The molecule has 0 saturated carbocycles. The van der Waals surface area contributed by atoms with Crippen molar-refractivity contribution in [1.82, 2.24) is 4.90 Å². The molecule has 0 saturated heterocycles. The van der Waals surface area contributed by atoms with Crippen molar-refractivity contribution in [2.24, 2.45) is 0 Å². The third-order valence-electron chi connectivity index (χ3n) is 3.19. The van der Waals surface area contributed by atoms with E-state index in [4.69, 9.17) is 5.73 Å². The molecule has 0 radical (unpaired) electrons. The van der Waals surface area contributed by atoms with Crippen molar-refractivity contribution in [2.45, 2.75) is 13.0 Å². The highest BCUT2D eigenvalue weighted by molar-refractivity contribution is 5.78. The lowest BCUT2D eigenvalue weighted by molar-refractivity contribution is -0.129. The Balaban J connectivity index is 2.03. The molecular weight excluding hydrogens is 255 g/mol. The van der Waals surface area contributed by atoms with Gasteiger partial charge in [0.15, 0.2) is 0 Å². The zero-order chi connectivity index (χ0) is 14.5. The summed E-state index contributed by atoms with van der Waals surface area (Å²) in [5.74, 6) is -0.494. The molecule has 3 nitrogen and oxygen atoms in total. The number of hydrogen-bond acceptors (Lipinski definition) is 2. The van der Waals surface area contributed by atoms with Crippen molar-refractivity contribution in [3.05, 3.63) is 65.5 Å². The number of likely N-dealkylation sites (N-methyl/N-ethyl adjacent to an activating group) is 1. The first-order chi connectivity index (χ1) is 9.58. The minimum Gasteiger partial charge on any atom is -0.398 e. The van der Waals surface area contributed by atoms with Crippen molar-refractivity contribution in [3.63, 3.8) is 0 Å². The highest BCUT2D eigenvalue weighted by Crippen LogP contribution is 2.14. The third-order valence-corrected chi connectivity index (χ3v) is 3.19. The maximum Gasteiger partial charge on any atom is 0.227 e. The monoisotopic (exact) mass is 272 g/mol. The second-order valence-corrected chi connectivity index (χ2v) is 4.72. The minimum absolute atomic E-state index is 0.0515. The van der Waals surface area contributed by atoms with Gasteiger partial charge in [0.2, 0.25) is 5.91 Å². The Morgan fingerprint density at radius 3 is 2.35 bits per heavy atom. The van der Waals surface area contributed by atoms with Crippen LogP contribution in [0.2, 0.25) is 0 Å². The topological polar surface area (TPSA) is 46.3 Å². The first-order valence-corrected chi connectivity index (χ1v) is 6.38. The van der Waals surface area contributed by atoms with Gasteiger partial charge in [-0.3, -0.25) is 4.79 Å². The summed E-state index contributed by atoms with van der Waals surface area (Å²) in [5.41, 5.74) is 7.79. The maximum absolute atomic E-state index is 13.5. The number of nitrogens with two attached hydrogens (primary N) is 1. The van der Waals surface area contributed by atoms with Crippen LogP contribution < -0.4 is 5.73 Å². The number of anilines is 1. The number of nitrogen functional groups attached to an aromatic ring is 1. The van der Waals surface area contributed by atoms with Crippen LogP contribution in [0.15, 0.2) is 48.5 Å². The van der Waals surface area contributed by atoms with E-state index in [0.717, 1.165) is 5.56 Å². The number of para-hydroxylation sites is 1. The Morgan fingerprint density at radius 2 is 1.70 bits per heavy atom. The van der Waals surface area contributed by atoms with Crippen LogP contribution in [0.4, 0.5) is 10.1 Å². The number of carbonyl (C=O) groups is 1. The number of rotatable bonds is 4. The molecule has 0 aliphatic heterocycles. The molecule has 0 unspecified atom stereocenters. The minimum atomic E-state index is -0.353. The normalized spacial score (nSPS) is 10.3. The average molecular weight is 272 g/mol. The van der Waals surface area contributed by atoms with E-state index in [1.54, 1.807) is 36.2 Å². The molecule has 20 heavy (non-hydrogen) atoms. The predicted molar refractivity (Wildman–Crippen MR) is 77.4 cm³/mol. The molecule has 1 amide bonds. The van der Waals surface area contributed by atoms with Crippen LogP contribution in [0, 0.1) is 5.82 Å². The molecular formula is C16H17FN2O. The van der Waals surface area contributed by atoms with Crippen LogP contribution in [0.3, 0.4) is 0 Å². The van der Waals surface area contributed by atoms with Crippen LogP contribution in [-0.4, -0.2) is 17.9 Å². The summed E-state index contributed by atoms with van der Waals surface area (Å²) in [5, 5.41) is 0.